The van der Waals surface area contributed by atoms with Crippen LogP contribution >= 0.6 is 0 Å². The summed E-state index contributed by atoms with van der Waals surface area (Å²) in [5, 5.41) is 15.4. The van der Waals surface area contributed by atoms with Crippen LogP contribution in [0, 0.1) is 17.0 Å². The van der Waals surface area contributed by atoms with Crippen molar-refractivity contribution >= 4 is 28.9 Å². The second-order valence-electron chi connectivity index (χ2n) is 4.59. The highest BCUT2D eigenvalue weighted by Gasteiger charge is 2.15. The van der Waals surface area contributed by atoms with E-state index in [9.17, 15) is 19.7 Å². The van der Waals surface area contributed by atoms with E-state index in [1.807, 2.05) is 13.0 Å². The van der Waals surface area contributed by atoms with E-state index in [2.05, 4.69) is 10.6 Å². The molecule has 112 valence electrons. The first kappa shape index (κ1) is 15.2. The lowest BCUT2D eigenvalue weighted by molar-refractivity contribution is -0.384. The van der Waals surface area contributed by atoms with Crippen LogP contribution in [-0.2, 0) is 9.59 Å². The zero-order valence-electron chi connectivity index (χ0n) is 11.7. The monoisotopic (exact) mass is 299 g/mol. The zero-order valence-corrected chi connectivity index (χ0v) is 11.7. The molecular formula is C15H13N3O4. The maximum atomic E-state index is 11.8. The number of nitro groups is 1. The molecule has 2 aromatic rings. The van der Waals surface area contributed by atoms with Gasteiger partial charge in [-0.1, -0.05) is 18.2 Å². The summed E-state index contributed by atoms with van der Waals surface area (Å²) in [5.74, 6) is -1.75. The molecule has 22 heavy (non-hydrogen) atoms. The molecule has 0 unspecified atom stereocenters. The Morgan fingerprint density at radius 2 is 1.50 bits per heavy atom. The summed E-state index contributed by atoms with van der Waals surface area (Å²) in [5.41, 5.74) is 1.45. The summed E-state index contributed by atoms with van der Waals surface area (Å²) >= 11 is 0. The lowest BCUT2D eigenvalue weighted by Crippen LogP contribution is -2.29. The van der Waals surface area contributed by atoms with Gasteiger partial charge in [-0.25, -0.2) is 0 Å². The van der Waals surface area contributed by atoms with Gasteiger partial charge in [-0.05, 0) is 30.7 Å². The van der Waals surface area contributed by atoms with Crippen LogP contribution in [0.15, 0.2) is 48.5 Å². The quantitative estimate of drug-likeness (QED) is 0.516. The van der Waals surface area contributed by atoms with Gasteiger partial charge in [0.15, 0.2) is 0 Å². The van der Waals surface area contributed by atoms with Crippen molar-refractivity contribution in [2.75, 3.05) is 10.6 Å². The van der Waals surface area contributed by atoms with Gasteiger partial charge in [0, 0.05) is 23.5 Å². The van der Waals surface area contributed by atoms with Crippen molar-refractivity contribution in [3.05, 3.63) is 64.2 Å². The number of amides is 2. The van der Waals surface area contributed by atoms with Crippen molar-refractivity contribution in [2.45, 2.75) is 6.92 Å². The summed E-state index contributed by atoms with van der Waals surface area (Å²) in [6.45, 7) is 1.86. The lowest BCUT2D eigenvalue weighted by Gasteiger charge is -2.07. The predicted octanol–water partition coefficient (Wildman–Crippen LogP) is 2.48. The Kier molecular flexibility index (Phi) is 4.47. The van der Waals surface area contributed by atoms with Gasteiger partial charge in [0.2, 0.25) is 0 Å². The Labute approximate surface area is 126 Å². The average Bonchev–Trinajstić information content (AvgIpc) is 2.47. The van der Waals surface area contributed by atoms with Gasteiger partial charge < -0.3 is 10.6 Å². The van der Waals surface area contributed by atoms with Crippen LogP contribution in [0.2, 0.25) is 0 Å². The number of aryl methyl sites for hydroxylation is 1. The van der Waals surface area contributed by atoms with Crippen LogP contribution in [0.5, 0.6) is 0 Å². The molecule has 2 rings (SSSR count). The topological polar surface area (TPSA) is 101 Å². The van der Waals surface area contributed by atoms with Crippen LogP contribution in [0.25, 0.3) is 0 Å². The first-order valence-corrected chi connectivity index (χ1v) is 6.39. The maximum Gasteiger partial charge on any atom is 0.314 e. The average molecular weight is 299 g/mol. The van der Waals surface area contributed by atoms with E-state index in [4.69, 9.17) is 0 Å². The fourth-order valence-electron chi connectivity index (χ4n) is 1.80. The van der Waals surface area contributed by atoms with E-state index in [0.717, 1.165) is 5.56 Å². The number of nitro benzene ring substituents is 1. The highest BCUT2D eigenvalue weighted by Crippen LogP contribution is 2.17. The molecular weight excluding hydrogens is 286 g/mol. The smallest absolute Gasteiger partial charge is 0.314 e. The van der Waals surface area contributed by atoms with Gasteiger partial charge in [0.05, 0.1) is 4.92 Å². The SMILES string of the molecule is Cc1cccc(NC(=O)C(=O)Nc2cccc([N+](=O)[O-])c2)c1. The minimum absolute atomic E-state index is 0.170. The van der Waals surface area contributed by atoms with Crippen molar-refractivity contribution in [1.82, 2.24) is 0 Å². The Bertz CT molecular complexity index is 743. The maximum absolute atomic E-state index is 11.8. The summed E-state index contributed by atoms with van der Waals surface area (Å²) < 4.78 is 0. The van der Waals surface area contributed by atoms with Gasteiger partial charge >= 0.3 is 11.8 Å². The first-order chi connectivity index (χ1) is 10.5. The second kappa shape index (κ2) is 6.49. The van der Waals surface area contributed by atoms with E-state index < -0.39 is 16.7 Å². The second-order valence-corrected chi connectivity index (χ2v) is 4.59. The molecule has 0 radical (unpaired) electrons. The third-order valence-electron chi connectivity index (χ3n) is 2.80. The number of nitrogens with one attached hydrogen (secondary N) is 2. The molecule has 0 bridgehead atoms. The standard InChI is InChI=1S/C15H13N3O4/c1-10-4-2-5-11(8-10)16-14(19)15(20)17-12-6-3-7-13(9-12)18(21)22/h2-9H,1H3,(H,16,19)(H,17,20). The minimum Gasteiger partial charge on any atom is -0.318 e. The summed E-state index contributed by atoms with van der Waals surface area (Å²) in [4.78, 5) is 33.7. The minimum atomic E-state index is -0.901. The normalized spacial score (nSPS) is 9.86. The van der Waals surface area contributed by atoms with Gasteiger partial charge in [-0.3, -0.25) is 19.7 Å². The molecule has 0 atom stereocenters. The van der Waals surface area contributed by atoms with Crippen LogP contribution in [0.4, 0.5) is 17.1 Å². The van der Waals surface area contributed by atoms with Gasteiger partial charge in [0.25, 0.3) is 5.69 Å². The molecule has 7 nitrogen and oxygen atoms in total. The molecule has 0 aromatic heterocycles. The van der Waals surface area contributed by atoms with Crippen molar-refractivity contribution in [1.29, 1.82) is 0 Å². The first-order valence-electron chi connectivity index (χ1n) is 6.39. The molecule has 2 N–H and O–H groups in total. The van der Waals surface area contributed by atoms with Crippen LogP contribution < -0.4 is 10.6 Å². The summed E-state index contributed by atoms with van der Waals surface area (Å²) in [7, 11) is 0. The number of nitrogens with zero attached hydrogens (tertiary/aromatic N) is 1. The Morgan fingerprint density at radius 3 is 2.05 bits per heavy atom. The van der Waals surface area contributed by atoms with Gasteiger partial charge in [0.1, 0.15) is 0 Å². The Hall–Kier alpha value is -3.22. The third-order valence-corrected chi connectivity index (χ3v) is 2.80. The number of hydrogen-bond acceptors (Lipinski definition) is 4. The zero-order chi connectivity index (χ0) is 16.1. The number of hydrogen-bond donors (Lipinski definition) is 2. The molecule has 0 fully saturated rings. The lowest BCUT2D eigenvalue weighted by atomic mass is 10.2. The molecule has 0 aliphatic rings. The predicted molar refractivity (Wildman–Crippen MR) is 81.5 cm³/mol. The third kappa shape index (κ3) is 3.89. The van der Waals surface area contributed by atoms with Crippen molar-refractivity contribution in [3.8, 4) is 0 Å². The van der Waals surface area contributed by atoms with E-state index in [0.29, 0.717) is 5.69 Å². The number of carbonyl (C=O) groups is 2. The molecule has 7 heteroatoms. The molecule has 2 aromatic carbocycles. The van der Waals surface area contributed by atoms with Crippen molar-refractivity contribution in [3.63, 3.8) is 0 Å². The number of non-ortho nitro benzene ring substituents is 1. The van der Waals surface area contributed by atoms with Crippen molar-refractivity contribution < 1.29 is 14.5 Å². The molecule has 0 spiro atoms. The Morgan fingerprint density at radius 1 is 0.955 bits per heavy atom. The molecule has 2 amide bonds. The van der Waals surface area contributed by atoms with Crippen LogP contribution in [-0.4, -0.2) is 16.7 Å². The number of rotatable bonds is 3. The van der Waals surface area contributed by atoms with Crippen LogP contribution in [0.1, 0.15) is 5.56 Å². The highest BCUT2D eigenvalue weighted by molar-refractivity contribution is 6.43. The Balaban J connectivity index is 2.04. The fraction of sp³-hybridized carbons (Fsp3) is 0.0667. The van der Waals surface area contributed by atoms with E-state index in [1.165, 1.54) is 24.3 Å². The summed E-state index contributed by atoms with van der Waals surface area (Å²) in [6.07, 6.45) is 0. The van der Waals surface area contributed by atoms with Gasteiger partial charge in [-0.15, -0.1) is 0 Å². The number of anilines is 2. The largest absolute Gasteiger partial charge is 0.318 e. The van der Waals surface area contributed by atoms with Crippen LogP contribution in [0.3, 0.4) is 0 Å². The molecule has 0 saturated heterocycles. The number of carbonyl (C=O) groups excluding carboxylic acids is 2. The molecule has 0 aliphatic heterocycles. The molecule has 0 aliphatic carbocycles. The van der Waals surface area contributed by atoms with E-state index >= 15 is 0 Å². The fourth-order valence-corrected chi connectivity index (χ4v) is 1.80. The van der Waals surface area contributed by atoms with Crippen molar-refractivity contribution in [2.24, 2.45) is 0 Å². The highest BCUT2D eigenvalue weighted by atomic mass is 16.6. The molecule has 0 heterocycles. The summed E-state index contributed by atoms with van der Waals surface area (Å²) in [6, 6.07) is 12.4. The molecule has 0 saturated carbocycles. The van der Waals surface area contributed by atoms with E-state index in [-0.39, 0.29) is 11.4 Å². The van der Waals surface area contributed by atoms with Gasteiger partial charge in [-0.2, -0.15) is 0 Å². The van der Waals surface area contributed by atoms with E-state index in [1.54, 1.807) is 18.2 Å². The number of benzene rings is 2.